The van der Waals surface area contributed by atoms with Crippen LogP contribution in [-0.4, -0.2) is 41.5 Å². The molecule has 0 unspecified atom stereocenters. The Hall–Kier alpha value is -2.98. The molecule has 0 fully saturated rings. The molecule has 0 aliphatic heterocycles. The number of rotatable bonds is 3. The number of hydrogen-bond acceptors (Lipinski definition) is 7. The topological polar surface area (TPSA) is 95.0 Å². The van der Waals surface area contributed by atoms with Crippen LogP contribution in [-0.2, 0) is 14.2 Å². The quantitative estimate of drug-likeness (QED) is 0.317. The van der Waals surface area contributed by atoms with Crippen LogP contribution in [0.1, 0.15) is 52.0 Å². The maximum Gasteiger partial charge on any atom is 0.424 e. The van der Waals surface area contributed by atoms with Gasteiger partial charge in [0.1, 0.15) is 33.4 Å². The highest BCUT2D eigenvalue weighted by atomic mass is 35.5. The van der Waals surface area contributed by atoms with Gasteiger partial charge in [0, 0.05) is 5.56 Å². The first-order valence-electron chi connectivity index (χ1n) is 10.2. The molecule has 0 spiro atoms. The second-order valence-electron chi connectivity index (χ2n) is 9.20. The van der Waals surface area contributed by atoms with Crippen molar-refractivity contribution in [1.29, 1.82) is 0 Å². The molecule has 0 saturated carbocycles. The van der Waals surface area contributed by atoms with Gasteiger partial charge in [-0.25, -0.2) is 28.1 Å². The molecule has 8 nitrogen and oxygen atoms in total. The highest BCUT2D eigenvalue weighted by Gasteiger charge is 2.39. The van der Waals surface area contributed by atoms with E-state index in [1.54, 1.807) is 0 Å². The smallest absolute Gasteiger partial charge is 0.424 e. The first kappa shape index (κ1) is 28.3. The summed E-state index contributed by atoms with van der Waals surface area (Å²) in [6.45, 7) is 9.11. The van der Waals surface area contributed by atoms with Crippen LogP contribution in [0.2, 0.25) is 10.0 Å². The van der Waals surface area contributed by atoms with Crippen molar-refractivity contribution >= 4 is 47.0 Å². The Morgan fingerprint density at radius 1 is 0.943 bits per heavy atom. The number of aromatic nitrogens is 1. The molecule has 190 valence electrons. The van der Waals surface area contributed by atoms with Crippen LogP contribution in [0.15, 0.2) is 18.2 Å². The summed E-state index contributed by atoms with van der Waals surface area (Å²) in [5, 5.41) is -0.982. The lowest BCUT2D eigenvalue weighted by Gasteiger charge is -2.29. The number of methoxy groups -OCH3 is 1. The molecule has 2 aromatic rings. The fourth-order valence-electron chi connectivity index (χ4n) is 2.67. The average molecular weight is 533 g/mol. The van der Waals surface area contributed by atoms with Crippen molar-refractivity contribution in [2.24, 2.45) is 0 Å². The summed E-state index contributed by atoms with van der Waals surface area (Å²) < 4.78 is 45.2. The number of pyridine rings is 1. The molecule has 0 radical (unpaired) electrons. The van der Waals surface area contributed by atoms with Gasteiger partial charge in [0.2, 0.25) is 0 Å². The Kier molecular flexibility index (Phi) is 8.34. The molecular formula is C23H24Cl2F2N2O6. The van der Waals surface area contributed by atoms with E-state index in [0.29, 0.717) is 0 Å². The van der Waals surface area contributed by atoms with Crippen molar-refractivity contribution < 1.29 is 37.4 Å². The van der Waals surface area contributed by atoms with E-state index in [4.69, 9.17) is 32.7 Å². The Bertz CT molecular complexity index is 1150. The van der Waals surface area contributed by atoms with E-state index >= 15 is 4.39 Å². The molecule has 1 aromatic heterocycles. The summed E-state index contributed by atoms with van der Waals surface area (Å²) in [5.74, 6) is -3.35. The number of hydrogen-bond donors (Lipinski definition) is 0. The zero-order valence-electron chi connectivity index (χ0n) is 20.1. The van der Waals surface area contributed by atoms with E-state index in [1.165, 1.54) is 47.6 Å². The standard InChI is InChI=1S/C23H24Cl2F2N2O6/c1-22(2,3)34-20(31)29(21(32)35-23(4,5)6)18-14(25)17(19(30)33-7)28-16(15(18)27)11-8-9-12(24)13(26)10-11/h8-10H,1-7H3. The molecule has 35 heavy (non-hydrogen) atoms. The van der Waals surface area contributed by atoms with Gasteiger partial charge >= 0.3 is 18.2 Å². The third-order valence-electron chi connectivity index (χ3n) is 4.00. The van der Waals surface area contributed by atoms with Gasteiger partial charge < -0.3 is 14.2 Å². The fourth-order valence-corrected chi connectivity index (χ4v) is 3.07. The second kappa shape index (κ2) is 10.3. The third-order valence-corrected chi connectivity index (χ3v) is 4.67. The van der Waals surface area contributed by atoms with Gasteiger partial charge in [-0.2, -0.15) is 4.90 Å². The zero-order chi connectivity index (χ0) is 26.9. The summed E-state index contributed by atoms with van der Waals surface area (Å²) in [6, 6.07) is 3.22. The van der Waals surface area contributed by atoms with E-state index in [0.717, 1.165) is 19.2 Å². The summed E-state index contributed by atoms with van der Waals surface area (Å²) in [6.07, 6.45) is -2.69. The number of imide groups is 1. The highest BCUT2D eigenvalue weighted by molar-refractivity contribution is 6.37. The number of carbonyl (C=O) groups is 3. The van der Waals surface area contributed by atoms with Crippen molar-refractivity contribution in [1.82, 2.24) is 4.98 Å². The Labute approximate surface area is 211 Å². The van der Waals surface area contributed by atoms with Crippen LogP contribution in [0.3, 0.4) is 0 Å². The summed E-state index contributed by atoms with van der Waals surface area (Å²) >= 11 is 12.0. The van der Waals surface area contributed by atoms with Gasteiger partial charge in [0.25, 0.3) is 0 Å². The summed E-state index contributed by atoms with van der Waals surface area (Å²) in [5.41, 5.74) is -4.54. The van der Waals surface area contributed by atoms with E-state index in [2.05, 4.69) is 9.72 Å². The van der Waals surface area contributed by atoms with E-state index < -0.39 is 63.1 Å². The van der Waals surface area contributed by atoms with Crippen LogP contribution >= 0.6 is 23.2 Å². The second-order valence-corrected chi connectivity index (χ2v) is 9.99. The van der Waals surface area contributed by atoms with Crippen molar-refractivity contribution in [2.75, 3.05) is 12.0 Å². The molecule has 0 N–H and O–H groups in total. The van der Waals surface area contributed by atoms with Crippen LogP contribution in [0, 0.1) is 11.6 Å². The van der Waals surface area contributed by atoms with E-state index in [9.17, 15) is 18.8 Å². The minimum Gasteiger partial charge on any atom is -0.464 e. The number of halogens is 4. The molecule has 2 amide bonds. The van der Waals surface area contributed by atoms with Crippen molar-refractivity contribution in [2.45, 2.75) is 52.7 Å². The molecule has 12 heteroatoms. The van der Waals surface area contributed by atoms with Crippen LogP contribution in [0.5, 0.6) is 0 Å². The van der Waals surface area contributed by atoms with Gasteiger partial charge in [-0.15, -0.1) is 0 Å². The number of benzene rings is 1. The van der Waals surface area contributed by atoms with Crippen LogP contribution in [0.25, 0.3) is 11.3 Å². The molecule has 1 heterocycles. The average Bonchev–Trinajstić information content (AvgIpc) is 2.70. The molecule has 0 aliphatic carbocycles. The Morgan fingerprint density at radius 3 is 1.89 bits per heavy atom. The van der Waals surface area contributed by atoms with Gasteiger partial charge in [0.15, 0.2) is 11.5 Å². The zero-order valence-corrected chi connectivity index (χ0v) is 21.6. The molecule has 0 aliphatic rings. The first-order valence-corrected chi connectivity index (χ1v) is 10.9. The lowest BCUT2D eigenvalue weighted by molar-refractivity contribution is 0.0426. The lowest BCUT2D eigenvalue weighted by atomic mass is 10.1. The number of ether oxygens (including phenoxy) is 3. The predicted molar refractivity (Wildman–Crippen MR) is 126 cm³/mol. The molecular weight excluding hydrogens is 509 g/mol. The van der Waals surface area contributed by atoms with Crippen molar-refractivity contribution in [3.8, 4) is 11.3 Å². The van der Waals surface area contributed by atoms with Crippen LogP contribution < -0.4 is 4.90 Å². The highest BCUT2D eigenvalue weighted by Crippen LogP contribution is 2.39. The normalized spacial score (nSPS) is 11.6. The number of esters is 1. The monoisotopic (exact) mass is 532 g/mol. The predicted octanol–water partition coefficient (Wildman–Crippen LogP) is 6.80. The number of amides is 2. The Balaban J connectivity index is 2.91. The molecule has 0 atom stereocenters. The SMILES string of the molecule is COC(=O)c1nc(-c2ccc(Cl)c(F)c2)c(F)c(N(C(=O)OC(C)(C)C)C(=O)OC(C)(C)C)c1Cl. The largest absolute Gasteiger partial charge is 0.464 e. The number of nitrogens with zero attached hydrogens (tertiary/aromatic N) is 2. The maximum atomic E-state index is 15.9. The van der Waals surface area contributed by atoms with Gasteiger partial charge in [-0.1, -0.05) is 29.3 Å². The first-order chi connectivity index (χ1) is 16.0. The maximum absolute atomic E-state index is 15.9. The van der Waals surface area contributed by atoms with Crippen molar-refractivity contribution in [3.63, 3.8) is 0 Å². The molecule has 1 aromatic carbocycles. The Morgan fingerprint density at radius 2 is 1.46 bits per heavy atom. The van der Waals surface area contributed by atoms with E-state index in [1.807, 2.05) is 0 Å². The van der Waals surface area contributed by atoms with E-state index in [-0.39, 0.29) is 15.5 Å². The molecule has 0 saturated heterocycles. The summed E-state index contributed by atoms with van der Waals surface area (Å²) in [4.78, 5) is 42.6. The minimum atomic E-state index is -1.34. The summed E-state index contributed by atoms with van der Waals surface area (Å²) in [7, 11) is 1.02. The number of anilines is 1. The number of carbonyl (C=O) groups excluding carboxylic acids is 3. The molecule has 0 bridgehead atoms. The van der Waals surface area contributed by atoms with Crippen molar-refractivity contribution in [3.05, 3.63) is 45.6 Å². The fraction of sp³-hybridized carbons (Fsp3) is 0.391. The minimum absolute atomic E-state index is 0.166. The van der Waals surface area contributed by atoms with Crippen LogP contribution in [0.4, 0.5) is 24.1 Å². The lowest BCUT2D eigenvalue weighted by Crippen LogP contribution is -2.44. The van der Waals surface area contributed by atoms with Gasteiger partial charge in [-0.05, 0) is 53.7 Å². The van der Waals surface area contributed by atoms with Gasteiger partial charge in [-0.3, -0.25) is 0 Å². The third kappa shape index (κ3) is 6.79. The van der Waals surface area contributed by atoms with Gasteiger partial charge in [0.05, 0.1) is 12.1 Å². The molecule has 2 rings (SSSR count).